The molecule has 0 atom stereocenters. The van der Waals surface area contributed by atoms with Crippen molar-refractivity contribution in [3.63, 3.8) is 0 Å². The van der Waals surface area contributed by atoms with Crippen LogP contribution in [0.5, 0.6) is 0 Å². The summed E-state index contributed by atoms with van der Waals surface area (Å²) in [6, 6.07) is 5.41. The topological polar surface area (TPSA) is 39.1 Å². The van der Waals surface area contributed by atoms with Crippen molar-refractivity contribution in [1.82, 2.24) is 4.57 Å². The molecule has 94 valence electrons. The lowest BCUT2D eigenvalue weighted by Gasteiger charge is -2.16. The average molecular weight is 329 g/mol. The Hall–Kier alpha value is -1.13. The molecule has 18 heavy (non-hydrogen) atoms. The molecule has 1 heterocycles. The van der Waals surface area contributed by atoms with E-state index in [1.165, 1.54) is 0 Å². The predicted molar refractivity (Wildman–Crippen MR) is 76.7 cm³/mol. The number of hydrogen-bond donors (Lipinski definition) is 0. The molecule has 0 unspecified atom stereocenters. The van der Waals surface area contributed by atoms with E-state index in [0.717, 1.165) is 9.99 Å². The van der Waals surface area contributed by atoms with Crippen LogP contribution in [0.25, 0.3) is 10.9 Å². The molecule has 0 bridgehead atoms. The molecule has 0 aliphatic heterocycles. The fourth-order valence-electron chi connectivity index (χ4n) is 1.98. The summed E-state index contributed by atoms with van der Waals surface area (Å²) in [6.45, 7) is 3.79. The molecule has 1 aromatic heterocycles. The number of carbonyl (C=O) groups is 1. The Balaban J connectivity index is 3.08. The van der Waals surface area contributed by atoms with Crippen LogP contribution in [0.3, 0.4) is 0 Å². The normalized spacial score (nSPS) is 11.2. The number of fused-ring (bicyclic) bond motifs is 1. The summed E-state index contributed by atoms with van der Waals surface area (Å²) in [5.74, 6) is 0. The van der Waals surface area contributed by atoms with Gasteiger partial charge in [-0.2, -0.15) is 0 Å². The Kier molecular flexibility index (Phi) is 3.59. The van der Waals surface area contributed by atoms with Crippen LogP contribution in [0.1, 0.15) is 30.2 Å². The number of rotatable bonds is 2. The van der Waals surface area contributed by atoms with Gasteiger partial charge in [-0.25, -0.2) is 0 Å². The zero-order valence-corrected chi connectivity index (χ0v) is 12.2. The summed E-state index contributed by atoms with van der Waals surface area (Å²) in [7, 11) is 0. The lowest BCUT2D eigenvalue weighted by atomic mass is 10.1. The number of pyridine rings is 1. The highest BCUT2D eigenvalue weighted by molar-refractivity contribution is 9.10. The van der Waals surface area contributed by atoms with Crippen molar-refractivity contribution >= 4 is 44.7 Å². The van der Waals surface area contributed by atoms with Gasteiger partial charge in [-0.3, -0.25) is 9.59 Å². The van der Waals surface area contributed by atoms with Gasteiger partial charge in [-0.15, -0.1) is 0 Å². The van der Waals surface area contributed by atoms with Gasteiger partial charge in [0.25, 0.3) is 5.56 Å². The molecule has 0 aliphatic carbocycles. The molecule has 1 aromatic carbocycles. The first-order valence-corrected chi connectivity index (χ1v) is 6.63. The molecule has 5 heteroatoms. The molecule has 0 N–H and O–H groups in total. The first-order valence-electron chi connectivity index (χ1n) is 5.45. The maximum Gasteiger partial charge on any atom is 0.263 e. The first kappa shape index (κ1) is 13.3. The fourth-order valence-corrected chi connectivity index (χ4v) is 2.62. The maximum atomic E-state index is 12.2. The van der Waals surface area contributed by atoms with Crippen molar-refractivity contribution in [2.24, 2.45) is 0 Å². The number of nitrogens with zero attached hydrogens (tertiary/aromatic N) is 1. The largest absolute Gasteiger partial charge is 0.305 e. The van der Waals surface area contributed by atoms with Gasteiger partial charge in [0, 0.05) is 15.9 Å². The summed E-state index contributed by atoms with van der Waals surface area (Å²) < 4.78 is 2.44. The van der Waals surface area contributed by atoms with Gasteiger partial charge < -0.3 is 4.57 Å². The van der Waals surface area contributed by atoms with Gasteiger partial charge >= 0.3 is 0 Å². The van der Waals surface area contributed by atoms with Crippen LogP contribution >= 0.6 is 27.5 Å². The Morgan fingerprint density at radius 2 is 2.06 bits per heavy atom. The van der Waals surface area contributed by atoms with E-state index in [4.69, 9.17) is 11.6 Å². The van der Waals surface area contributed by atoms with Crippen LogP contribution in [-0.4, -0.2) is 10.9 Å². The zero-order chi connectivity index (χ0) is 13.4. The second kappa shape index (κ2) is 4.86. The Morgan fingerprint density at radius 3 is 2.61 bits per heavy atom. The Bertz CT molecular complexity index is 691. The molecule has 0 saturated heterocycles. The van der Waals surface area contributed by atoms with Gasteiger partial charge in [0.2, 0.25) is 0 Å². The monoisotopic (exact) mass is 327 g/mol. The standard InChI is InChI=1S/C13H11BrClNO2/c1-7(2)16-11-5-8(14)3-4-9(11)12(15)10(6-17)13(16)18/h3-7H,1-2H3. The van der Waals surface area contributed by atoms with Crippen molar-refractivity contribution in [3.8, 4) is 0 Å². The van der Waals surface area contributed by atoms with E-state index in [1.54, 1.807) is 10.6 Å². The minimum Gasteiger partial charge on any atom is -0.305 e. The predicted octanol–water partition coefficient (Wildman–Crippen LogP) is 3.81. The molecule has 2 aromatic rings. The van der Waals surface area contributed by atoms with Gasteiger partial charge in [0.1, 0.15) is 0 Å². The van der Waals surface area contributed by atoms with E-state index in [1.807, 2.05) is 26.0 Å². The highest BCUT2D eigenvalue weighted by atomic mass is 79.9. The van der Waals surface area contributed by atoms with Crippen LogP contribution in [0.15, 0.2) is 27.5 Å². The third kappa shape index (κ3) is 1.99. The fraction of sp³-hybridized carbons (Fsp3) is 0.231. The second-order valence-corrected chi connectivity index (χ2v) is 5.57. The summed E-state index contributed by atoms with van der Waals surface area (Å²) in [4.78, 5) is 23.2. The molecule has 2 rings (SSSR count). The minimum atomic E-state index is -0.351. The van der Waals surface area contributed by atoms with Gasteiger partial charge in [-0.1, -0.05) is 33.6 Å². The molecule has 3 nitrogen and oxygen atoms in total. The number of aromatic nitrogens is 1. The highest BCUT2D eigenvalue weighted by Gasteiger charge is 2.16. The SMILES string of the molecule is CC(C)n1c(=O)c(C=O)c(Cl)c2ccc(Br)cc21. The molecule has 0 amide bonds. The maximum absolute atomic E-state index is 12.2. The van der Waals surface area contributed by atoms with E-state index in [2.05, 4.69) is 15.9 Å². The van der Waals surface area contributed by atoms with Crippen molar-refractivity contribution in [1.29, 1.82) is 0 Å². The first-order chi connectivity index (χ1) is 8.47. The molecule has 0 fully saturated rings. The Labute approximate surface area is 117 Å². The third-order valence-electron chi connectivity index (χ3n) is 2.78. The second-order valence-electron chi connectivity index (χ2n) is 4.28. The summed E-state index contributed by atoms with van der Waals surface area (Å²) >= 11 is 9.49. The summed E-state index contributed by atoms with van der Waals surface area (Å²) in [6.07, 6.45) is 0.519. The van der Waals surface area contributed by atoms with Gasteiger partial charge in [0.15, 0.2) is 6.29 Å². The molecule has 0 radical (unpaired) electrons. The molecular weight excluding hydrogens is 318 g/mol. The molecular formula is C13H11BrClNO2. The summed E-state index contributed by atoms with van der Waals surface area (Å²) in [5.41, 5.74) is 0.385. The smallest absolute Gasteiger partial charge is 0.263 e. The van der Waals surface area contributed by atoms with Crippen LogP contribution in [0, 0.1) is 0 Å². The van der Waals surface area contributed by atoms with E-state index in [-0.39, 0.29) is 22.2 Å². The molecule has 0 spiro atoms. The van der Waals surface area contributed by atoms with Crippen LogP contribution in [-0.2, 0) is 0 Å². The molecule has 0 saturated carbocycles. The van der Waals surface area contributed by atoms with Crippen molar-refractivity contribution in [3.05, 3.63) is 43.6 Å². The van der Waals surface area contributed by atoms with Crippen LogP contribution < -0.4 is 5.56 Å². The van der Waals surface area contributed by atoms with E-state index in [0.29, 0.717) is 11.7 Å². The van der Waals surface area contributed by atoms with Crippen molar-refractivity contribution in [2.45, 2.75) is 19.9 Å². The van der Waals surface area contributed by atoms with Crippen molar-refractivity contribution in [2.75, 3.05) is 0 Å². The van der Waals surface area contributed by atoms with E-state index < -0.39 is 0 Å². The third-order valence-corrected chi connectivity index (χ3v) is 3.68. The average Bonchev–Trinajstić information content (AvgIpc) is 2.28. The van der Waals surface area contributed by atoms with Crippen LogP contribution in [0.4, 0.5) is 0 Å². The summed E-state index contributed by atoms with van der Waals surface area (Å²) in [5, 5.41) is 0.921. The minimum absolute atomic E-state index is 0.0141. The number of halogens is 2. The van der Waals surface area contributed by atoms with Gasteiger partial charge in [-0.05, 0) is 26.0 Å². The number of aldehydes is 1. The number of hydrogen-bond acceptors (Lipinski definition) is 2. The number of benzene rings is 1. The zero-order valence-electron chi connectivity index (χ0n) is 9.91. The highest BCUT2D eigenvalue weighted by Crippen LogP contribution is 2.28. The van der Waals surface area contributed by atoms with E-state index in [9.17, 15) is 9.59 Å². The quantitative estimate of drug-likeness (QED) is 0.786. The van der Waals surface area contributed by atoms with Crippen molar-refractivity contribution < 1.29 is 4.79 Å². The Morgan fingerprint density at radius 1 is 1.39 bits per heavy atom. The number of carbonyl (C=O) groups excluding carboxylic acids is 1. The van der Waals surface area contributed by atoms with E-state index >= 15 is 0 Å². The van der Waals surface area contributed by atoms with Gasteiger partial charge in [0.05, 0.1) is 16.1 Å². The lowest BCUT2D eigenvalue weighted by Crippen LogP contribution is -2.26. The lowest BCUT2D eigenvalue weighted by molar-refractivity contribution is 0.112. The van der Waals surface area contributed by atoms with Crippen LogP contribution in [0.2, 0.25) is 5.02 Å². The molecule has 0 aliphatic rings.